The maximum Gasteiger partial charge on any atom is 0.250 e. The summed E-state index contributed by atoms with van der Waals surface area (Å²) in [5.41, 5.74) is 0.315. The standard InChI is InChI=1S/C19H23N3O6S/c1-2-22-13-14(4-7-19(22)24)21-18(23)8-9-20-29(25,26)15-5-6-16-17(12-15)28-11-3-10-27-16/h4-7,12-13,20H,2-3,8-11H2,1H3,(H,21,23). The van der Waals surface area contributed by atoms with Crippen molar-refractivity contribution in [2.45, 2.75) is 31.2 Å². The Bertz CT molecular complexity index is 1050. The smallest absolute Gasteiger partial charge is 0.250 e. The molecule has 0 saturated heterocycles. The van der Waals surface area contributed by atoms with E-state index >= 15 is 0 Å². The van der Waals surface area contributed by atoms with Gasteiger partial charge in [0.25, 0.3) is 5.56 Å². The van der Waals surface area contributed by atoms with Crippen molar-refractivity contribution in [1.29, 1.82) is 0 Å². The molecule has 2 heterocycles. The van der Waals surface area contributed by atoms with Crippen LogP contribution in [-0.4, -0.2) is 38.7 Å². The monoisotopic (exact) mass is 421 g/mol. The van der Waals surface area contributed by atoms with E-state index in [1.165, 1.54) is 28.8 Å². The summed E-state index contributed by atoms with van der Waals surface area (Å²) in [7, 11) is -3.80. The van der Waals surface area contributed by atoms with Crippen LogP contribution in [0.5, 0.6) is 11.5 Å². The number of hydrogen-bond donors (Lipinski definition) is 2. The second-order valence-electron chi connectivity index (χ2n) is 6.40. The van der Waals surface area contributed by atoms with Gasteiger partial charge in [0, 0.05) is 44.3 Å². The second-order valence-corrected chi connectivity index (χ2v) is 8.16. The van der Waals surface area contributed by atoms with Crippen molar-refractivity contribution in [3.63, 3.8) is 0 Å². The van der Waals surface area contributed by atoms with Gasteiger partial charge in [0.15, 0.2) is 11.5 Å². The van der Waals surface area contributed by atoms with Gasteiger partial charge in [0.05, 0.1) is 23.8 Å². The van der Waals surface area contributed by atoms with Crippen LogP contribution in [0.2, 0.25) is 0 Å². The van der Waals surface area contributed by atoms with Gasteiger partial charge in [-0.1, -0.05) is 0 Å². The fourth-order valence-electron chi connectivity index (χ4n) is 2.77. The molecule has 3 rings (SSSR count). The van der Waals surface area contributed by atoms with Gasteiger partial charge < -0.3 is 19.4 Å². The molecular formula is C19H23N3O6S. The average Bonchev–Trinajstić information content (AvgIpc) is 2.94. The fourth-order valence-corrected chi connectivity index (χ4v) is 3.82. The van der Waals surface area contributed by atoms with E-state index in [-0.39, 0.29) is 29.3 Å². The molecule has 29 heavy (non-hydrogen) atoms. The normalized spacial score (nSPS) is 13.6. The number of amides is 1. The van der Waals surface area contributed by atoms with Gasteiger partial charge >= 0.3 is 0 Å². The predicted octanol–water partition coefficient (Wildman–Crippen LogP) is 1.34. The molecule has 2 N–H and O–H groups in total. The number of nitrogens with zero attached hydrogens (tertiary/aromatic N) is 1. The van der Waals surface area contributed by atoms with Crippen LogP contribution in [0.3, 0.4) is 0 Å². The maximum atomic E-state index is 12.5. The van der Waals surface area contributed by atoms with Crippen LogP contribution in [-0.2, 0) is 21.4 Å². The summed E-state index contributed by atoms with van der Waals surface area (Å²) < 4.78 is 39.9. The van der Waals surface area contributed by atoms with Crippen molar-refractivity contribution in [2.75, 3.05) is 25.1 Å². The van der Waals surface area contributed by atoms with Gasteiger partial charge in [-0.05, 0) is 25.1 Å². The molecule has 1 amide bonds. The molecule has 0 aliphatic carbocycles. The first-order valence-electron chi connectivity index (χ1n) is 9.29. The van der Waals surface area contributed by atoms with E-state index in [0.717, 1.165) is 6.42 Å². The third-order valence-corrected chi connectivity index (χ3v) is 5.74. The Morgan fingerprint density at radius 3 is 2.66 bits per heavy atom. The number of benzene rings is 1. The van der Waals surface area contributed by atoms with Gasteiger partial charge in [-0.3, -0.25) is 9.59 Å². The van der Waals surface area contributed by atoms with Crippen molar-refractivity contribution in [3.8, 4) is 11.5 Å². The Labute approximate surface area is 168 Å². The first kappa shape index (κ1) is 20.9. The number of aromatic nitrogens is 1. The minimum absolute atomic E-state index is 0.0391. The van der Waals surface area contributed by atoms with Crippen LogP contribution in [0, 0.1) is 0 Å². The van der Waals surface area contributed by atoms with E-state index in [1.807, 2.05) is 6.92 Å². The zero-order valence-electron chi connectivity index (χ0n) is 16.0. The van der Waals surface area contributed by atoms with E-state index in [1.54, 1.807) is 12.3 Å². The molecule has 0 atom stereocenters. The molecule has 2 aromatic rings. The summed E-state index contributed by atoms with van der Waals surface area (Å²) in [6, 6.07) is 7.28. The molecule has 1 aromatic carbocycles. The summed E-state index contributed by atoms with van der Waals surface area (Å²) in [6.45, 7) is 3.20. The number of hydrogen-bond acceptors (Lipinski definition) is 6. The molecule has 0 bridgehead atoms. The Morgan fingerprint density at radius 1 is 1.14 bits per heavy atom. The number of nitrogens with one attached hydrogen (secondary N) is 2. The predicted molar refractivity (Wildman–Crippen MR) is 107 cm³/mol. The largest absolute Gasteiger partial charge is 0.490 e. The number of ether oxygens (including phenoxy) is 2. The zero-order chi connectivity index (χ0) is 20.9. The number of carbonyl (C=O) groups is 1. The maximum absolute atomic E-state index is 12.5. The Balaban J connectivity index is 1.57. The molecule has 9 nitrogen and oxygen atoms in total. The molecule has 156 valence electrons. The van der Waals surface area contributed by atoms with Gasteiger partial charge in [0.2, 0.25) is 15.9 Å². The Morgan fingerprint density at radius 2 is 1.90 bits per heavy atom. The number of fused-ring (bicyclic) bond motifs is 1. The highest BCUT2D eigenvalue weighted by Gasteiger charge is 2.19. The number of carbonyl (C=O) groups excluding carboxylic acids is 1. The van der Waals surface area contributed by atoms with Crippen molar-refractivity contribution in [2.24, 2.45) is 0 Å². The van der Waals surface area contributed by atoms with Crippen molar-refractivity contribution >= 4 is 21.6 Å². The quantitative estimate of drug-likeness (QED) is 0.697. The zero-order valence-corrected chi connectivity index (χ0v) is 16.8. The lowest BCUT2D eigenvalue weighted by Crippen LogP contribution is -2.28. The first-order chi connectivity index (χ1) is 13.9. The van der Waals surface area contributed by atoms with Crippen LogP contribution < -0.4 is 25.1 Å². The van der Waals surface area contributed by atoms with Gasteiger partial charge in [0.1, 0.15) is 0 Å². The highest BCUT2D eigenvalue weighted by Crippen LogP contribution is 2.31. The number of rotatable bonds is 7. The SMILES string of the molecule is CCn1cc(NC(=O)CCNS(=O)(=O)c2ccc3c(c2)OCCCO3)ccc1=O. The molecule has 0 unspecified atom stereocenters. The second kappa shape index (κ2) is 9.10. The number of sulfonamides is 1. The van der Waals surface area contributed by atoms with Crippen molar-refractivity contribution < 1.29 is 22.7 Å². The molecule has 0 fully saturated rings. The Kier molecular flexibility index (Phi) is 6.55. The van der Waals surface area contributed by atoms with Gasteiger partial charge in [-0.2, -0.15) is 0 Å². The molecular weight excluding hydrogens is 398 g/mol. The van der Waals surface area contributed by atoms with E-state index < -0.39 is 10.0 Å². The highest BCUT2D eigenvalue weighted by atomic mass is 32.2. The van der Waals surface area contributed by atoms with Crippen LogP contribution in [0.25, 0.3) is 0 Å². The van der Waals surface area contributed by atoms with E-state index in [0.29, 0.717) is 36.9 Å². The van der Waals surface area contributed by atoms with E-state index in [2.05, 4.69) is 10.0 Å². The van der Waals surface area contributed by atoms with E-state index in [4.69, 9.17) is 9.47 Å². The molecule has 1 aliphatic rings. The minimum Gasteiger partial charge on any atom is -0.490 e. The minimum atomic E-state index is -3.80. The van der Waals surface area contributed by atoms with Crippen LogP contribution in [0.1, 0.15) is 19.8 Å². The van der Waals surface area contributed by atoms with Gasteiger partial charge in [-0.25, -0.2) is 13.1 Å². The lowest BCUT2D eigenvalue weighted by Gasteiger charge is -2.11. The number of anilines is 1. The number of aryl methyl sites for hydroxylation is 1. The van der Waals surface area contributed by atoms with E-state index in [9.17, 15) is 18.0 Å². The lowest BCUT2D eigenvalue weighted by molar-refractivity contribution is -0.116. The summed E-state index contributed by atoms with van der Waals surface area (Å²) in [4.78, 5) is 23.7. The molecule has 1 aromatic heterocycles. The molecule has 0 saturated carbocycles. The van der Waals surface area contributed by atoms with Crippen LogP contribution in [0.15, 0.2) is 46.2 Å². The van der Waals surface area contributed by atoms with Crippen LogP contribution >= 0.6 is 0 Å². The first-order valence-corrected chi connectivity index (χ1v) is 10.8. The topological polar surface area (TPSA) is 116 Å². The van der Waals surface area contributed by atoms with Crippen LogP contribution in [0.4, 0.5) is 5.69 Å². The summed E-state index contributed by atoms with van der Waals surface area (Å²) >= 11 is 0. The summed E-state index contributed by atoms with van der Waals surface area (Å²) in [5.74, 6) is 0.524. The molecule has 1 aliphatic heterocycles. The fraction of sp³-hybridized carbons (Fsp3) is 0.368. The van der Waals surface area contributed by atoms with Gasteiger partial charge in [-0.15, -0.1) is 0 Å². The third kappa shape index (κ3) is 5.36. The summed E-state index contributed by atoms with van der Waals surface area (Å²) in [5, 5.41) is 2.65. The average molecular weight is 421 g/mol. The lowest BCUT2D eigenvalue weighted by atomic mass is 10.3. The molecule has 10 heteroatoms. The Hall–Kier alpha value is -2.85. The summed E-state index contributed by atoms with van der Waals surface area (Å²) in [6.07, 6.45) is 2.21. The molecule has 0 radical (unpaired) electrons. The molecule has 0 spiro atoms. The number of pyridine rings is 1. The van der Waals surface area contributed by atoms with Crippen molar-refractivity contribution in [3.05, 3.63) is 46.9 Å². The van der Waals surface area contributed by atoms with Crippen molar-refractivity contribution in [1.82, 2.24) is 9.29 Å². The highest BCUT2D eigenvalue weighted by molar-refractivity contribution is 7.89. The third-order valence-electron chi connectivity index (χ3n) is 4.28.